The molecule has 1 amide bonds. The van der Waals surface area contributed by atoms with Crippen LogP contribution in [0.5, 0.6) is 0 Å². The van der Waals surface area contributed by atoms with E-state index in [-0.39, 0.29) is 11.7 Å². The van der Waals surface area contributed by atoms with E-state index in [0.29, 0.717) is 39.2 Å². The summed E-state index contributed by atoms with van der Waals surface area (Å²) in [4.78, 5) is 15.8. The van der Waals surface area contributed by atoms with E-state index in [4.69, 9.17) is 15.7 Å². The van der Waals surface area contributed by atoms with Gasteiger partial charge < -0.3 is 20.6 Å². The number of ether oxygens (including phenoxy) is 1. The summed E-state index contributed by atoms with van der Waals surface area (Å²) in [6.45, 7) is 7.00. The third-order valence-corrected chi connectivity index (χ3v) is 3.68. The van der Waals surface area contributed by atoms with Crippen molar-refractivity contribution >= 4 is 11.7 Å². The average Bonchev–Trinajstić information content (AvgIpc) is 2.43. The van der Waals surface area contributed by atoms with Crippen molar-refractivity contribution in [2.24, 2.45) is 10.9 Å². The lowest BCUT2D eigenvalue weighted by atomic mass is 10.00. The molecule has 0 aromatic rings. The van der Waals surface area contributed by atoms with Crippen LogP contribution in [0.15, 0.2) is 5.16 Å². The Morgan fingerprint density at radius 3 is 2.42 bits per heavy atom. The van der Waals surface area contributed by atoms with E-state index >= 15 is 0 Å². The molecular formula is C12H24N4O3. The van der Waals surface area contributed by atoms with Crippen molar-refractivity contribution in [1.82, 2.24) is 9.80 Å². The molecule has 0 bridgehead atoms. The average molecular weight is 272 g/mol. The second kappa shape index (κ2) is 6.72. The standard InChI is InChI=1S/C12H24N4O3/c1-12(2,11(13)14-18)16-7-5-15(6-8-16)10(17)4-9-19-3/h18H,4-9H2,1-3H3,(H2,13,14). The van der Waals surface area contributed by atoms with Crippen LogP contribution >= 0.6 is 0 Å². The van der Waals surface area contributed by atoms with Gasteiger partial charge in [0.25, 0.3) is 0 Å². The van der Waals surface area contributed by atoms with Crippen LogP contribution in [0.3, 0.4) is 0 Å². The summed E-state index contributed by atoms with van der Waals surface area (Å²) in [5, 5.41) is 11.9. The van der Waals surface area contributed by atoms with Crippen LogP contribution in [-0.2, 0) is 9.53 Å². The molecule has 7 heteroatoms. The number of hydrogen-bond donors (Lipinski definition) is 2. The molecule has 19 heavy (non-hydrogen) atoms. The first kappa shape index (κ1) is 15.7. The quantitative estimate of drug-likeness (QED) is 0.310. The maximum Gasteiger partial charge on any atom is 0.224 e. The Morgan fingerprint density at radius 2 is 1.95 bits per heavy atom. The van der Waals surface area contributed by atoms with Gasteiger partial charge in [0.1, 0.15) is 0 Å². The summed E-state index contributed by atoms with van der Waals surface area (Å²) < 4.78 is 4.91. The van der Waals surface area contributed by atoms with Gasteiger partial charge in [0.15, 0.2) is 5.84 Å². The van der Waals surface area contributed by atoms with Crippen LogP contribution in [0, 0.1) is 0 Å². The van der Waals surface area contributed by atoms with E-state index in [1.54, 1.807) is 7.11 Å². The molecular weight excluding hydrogens is 248 g/mol. The number of amidine groups is 1. The fourth-order valence-corrected chi connectivity index (χ4v) is 2.15. The highest BCUT2D eigenvalue weighted by atomic mass is 16.5. The van der Waals surface area contributed by atoms with Crippen molar-refractivity contribution in [3.05, 3.63) is 0 Å². The van der Waals surface area contributed by atoms with Gasteiger partial charge in [-0.1, -0.05) is 5.16 Å². The molecule has 1 fully saturated rings. The number of hydrogen-bond acceptors (Lipinski definition) is 5. The normalized spacial score (nSPS) is 18.7. The van der Waals surface area contributed by atoms with Crippen LogP contribution in [0.25, 0.3) is 0 Å². The number of carbonyl (C=O) groups is 1. The predicted octanol–water partition coefficient (Wildman–Crippen LogP) is -0.308. The van der Waals surface area contributed by atoms with Gasteiger partial charge in [0, 0.05) is 33.3 Å². The lowest BCUT2D eigenvalue weighted by Crippen LogP contribution is -2.60. The first-order valence-corrected chi connectivity index (χ1v) is 6.43. The van der Waals surface area contributed by atoms with Crippen LogP contribution < -0.4 is 5.73 Å². The van der Waals surface area contributed by atoms with E-state index in [1.165, 1.54) is 0 Å². The van der Waals surface area contributed by atoms with Crippen LogP contribution in [0.2, 0.25) is 0 Å². The molecule has 0 spiro atoms. The van der Waals surface area contributed by atoms with E-state index in [9.17, 15) is 4.79 Å². The zero-order valence-corrected chi connectivity index (χ0v) is 11.9. The van der Waals surface area contributed by atoms with Crippen molar-refractivity contribution in [1.29, 1.82) is 0 Å². The smallest absolute Gasteiger partial charge is 0.224 e. The van der Waals surface area contributed by atoms with Crippen molar-refractivity contribution in [3.63, 3.8) is 0 Å². The second-order valence-electron chi connectivity index (χ2n) is 5.15. The Hall–Kier alpha value is -1.34. The zero-order valence-electron chi connectivity index (χ0n) is 11.9. The number of amides is 1. The second-order valence-corrected chi connectivity index (χ2v) is 5.15. The molecule has 1 saturated heterocycles. The lowest BCUT2D eigenvalue weighted by Gasteiger charge is -2.43. The van der Waals surface area contributed by atoms with E-state index in [0.717, 1.165) is 0 Å². The maximum absolute atomic E-state index is 11.8. The van der Waals surface area contributed by atoms with Gasteiger partial charge in [-0.2, -0.15) is 0 Å². The van der Waals surface area contributed by atoms with Crippen molar-refractivity contribution in [3.8, 4) is 0 Å². The van der Waals surface area contributed by atoms with E-state index in [1.807, 2.05) is 18.7 Å². The lowest BCUT2D eigenvalue weighted by molar-refractivity contribution is -0.134. The zero-order chi connectivity index (χ0) is 14.5. The summed E-state index contributed by atoms with van der Waals surface area (Å²) >= 11 is 0. The van der Waals surface area contributed by atoms with E-state index < -0.39 is 5.54 Å². The number of piperazine rings is 1. The number of nitrogens with two attached hydrogens (primary N) is 1. The van der Waals surface area contributed by atoms with Gasteiger partial charge in [-0.15, -0.1) is 0 Å². The monoisotopic (exact) mass is 272 g/mol. The number of carbonyl (C=O) groups excluding carboxylic acids is 1. The number of oxime groups is 1. The van der Waals surface area contributed by atoms with Gasteiger partial charge in [0.2, 0.25) is 5.91 Å². The molecule has 1 heterocycles. The molecule has 0 saturated carbocycles. The Kier molecular flexibility index (Phi) is 5.56. The summed E-state index contributed by atoms with van der Waals surface area (Å²) in [7, 11) is 1.59. The first-order valence-electron chi connectivity index (χ1n) is 6.43. The summed E-state index contributed by atoms with van der Waals surface area (Å²) in [6.07, 6.45) is 0.417. The van der Waals surface area contributed by atoms with Crippen LogP contribution in [-0.4, -0.2) is 72.2 Å². The minimum Gasteiger partial charge on any atom is -0.409 e. The topological polar surface area (TPSA) is 91.4 Å². The molecule has 0 aromatic heterocycles. The van der Waals surface area contributed by atoms with Gasteiger partial charge in [-0.05, 0) is 13.8 Å². The van der Waals surface area contributed by atoms with Crippen molar-refractivity contribution in [2.75, 3.05) is 39.9 Å². The molecule has 0 atom stereocenters. The Balaban J connectivity index is 2.51. The Bertz CT molecular complexity index is 336. The molecule has 1 aliphatic rings. The molecule has 0 radical (unpaired) electrons. The minimum atomic E-state index is -0.504. The SMILES string of the molecule is COCCC(=O)N1CCN(C(C)(C)C(N)=NO)CC1. The number of methoxy groups -OCH3 is 1. The van der Waals surface area contributed by atoms with E-state index in [2.05, 4.69) is 10.1 Å². The largest absolute Gasteiger partial charge is 0.409 e. The Labute approximate surface area is 114 Å². The highest BCUT2D eigenvalue weighted by Crippen LogP contribution is 2.17. The molecule has 3 N–H and O–H groups in total. The predicted molar refractivity (Wildman–Crippen MR) is 72.1 cm³/mol. The van der Waals surface area contributed by atoms with Crippen molar-refractivity contribution < 1.29 is 14.7 Å². The Morgan fingerprint density at radius 1 is 1.37 bits per heavy atom. The van der Waals surface area contributed by atoms with Gasteiger partial charge >= 0.3 is 0 Å². The maximum atomic E-state index is 11.8. The highest BCUT2D eigenvalue weighted by molar-refractivity contribution is 5.88. The number of rotatable bonds is 5. The van der Waals surface area contributed by atoms with Gasteiger partial charge in [0.05, 0.1) is 18.6 Å². The summed E-state index contributed by atoms with van der Waals surface area (Å²) in [5.41, 5.74) is 5.20. The molecule has 110 valence electrons. The highest BCUT2D eigenvalue weighted by Gasteiger charge is 2.34. The van der Waals surface area contributed by atoms with Crippen LogP contribution in [0.4, 0.5) is 0 Å². The molecule has 1 rings (SSSR count). The summed E-state index contributed by atoms with van der Waals surface area (Å²) in [5.74, 6) is 0.301. The first-order chi connectivity index (χ1) is 8.93. The third-order valence-electron chi connectivity index (χ3n) is 3.68. The molecule has 7 nitrogen and oxygen atoms in total. The fraction of sp³-hybridized carbons (Fsp3) is 0.833. The number of nitrogens with zero attached hydrogens (tertiary/aromatic N) is 3. The minimum absolute atomic E-state index is 0.114. The van der Waals surface area contributed by atoms with Crippen LogP contribution in [0.1, 0.15) is 20.3 Å². The van der Waals surface area contributed by atoms with Crippen molar-refractivity contribution in [2.45, 2.75) is 25.8 Å². The van der Waals surface area contributed by atoms with Gasteiger partial charge in [-0.25, -0.2) is 0 Å². The molecule has 0 unspecified atom stereocenters. The fourth-order valence-electron chi connectivity index (χ4n) is 2.15. The molecule has 0 aromatic carbocycles. The molecule has 1 aliphatic heterocycles. The molecule has 0 aliphatic carbocycles. The van der Waals surface area contributed by atoms with Gasteiger partial charge in [-0.3, -0.25) is 9.69 Å². The summed E-state index contributed by atoms with van der Waals surface area (Å²) in [6, 6.07) is 0. The third kappa shape index (κ3) is 3.81.